The molecule has 1 rings (SSSR count). The molecule has 0 bridgehead atoms. The minimum Gasteiger partial charge on any atom is -0.326 e. The van der Waals surface area contributed by atoms with Gasteiger partial charge in [0.05, 0.1) is 6.42 Å². The molecule has 3 nitrogen and oxygen atoms in total. The van der Waals surface area contributed by atoms with Gasteiger partial charge in [-0.25, -0.2) is 0 Å². The molecule has 0 heterocycles. The number of carbonyl (C=O) groups is 2. The van der Waals surface area contributed by atoms with E-state index in [9.17, 15) is 9.59 Å². The summed E-state index contributed by atoms with van der Waals surface area (Å²) in [6.45, 7) is 7.75. The summed E-state index contributed by atoms with van der Waals surface area (Å²) < 4.78 is 0. The average molecular weight is 233 g/mol. The van der Waals surface area contributed by atoms with Crippen molar-refractivity contribution in [2.75, 3.05) is 5.32 Å². The molecule has 92 valence electrons. The molecule has 1 aromatic rings. The number of nitrogens with one attached hydrogen (secondary N) is 1. The summed E-state index contributed by atoms with van der Waals surface area (Å²) in [5, 5.41) is 2.73. The second kappa shape index (κ2) is 5.13. The standard InChI is InChI=1S/C14H19NO2/c1-10(16)8-13(17)15-12-7-5-6-11(9-12)14(2,3)4/h5-7,9H,8H2,1-4H3,(H,15,17). The summed E-state index contributed by atoms with van der Waals surface area (Å²) in [6.07, 6.45) is -0.0697. The highest BCUT2D eigenvalue weighted by Gasteiger charge is 2.14. The third kappa shape index (κ3) is 4.39. The Morgan fingerprint density at radius 2 is 1.88 bits per heavy atom. The fraction of sp³-hybridized carbons (Fsp3) is 0.429. The zero-order chi connectivity index (χ0) is 13.1. The minimum atomic E-state index is -0.261. The Labute approximate surface area is 102 Å². The molecule has 0 aromatic heterocycles. The van der Waals surface area contributed by atoms with E-state index in [-0.39, 0.29) is 23.5 Å². The van der Waals surface area contributed by atoms with Gasteiger partial charge in [0.1, 0.15) is 5.78 Å². The Balaban J connectivity index is 2.79. The molecular formula is C14H19NO2. The van der Waals surface area contributed by atoms with Gasteiger partial charge in [-0.3, -0.25) is 9.59 Å². The second-order valence-electron chi connectivity index (χ2n) is 5.26. The van der Waals surface area contributed by atoms with Gasteiger partial charge in [-0.2, -0.15) is 0 Å². The smallest absolute Gasteiger partial charge is 0.231 e. The van der Waals surface area contributed by atoms with Gasteiger partial charge < -0.3 is 5.32 Å². The molecule has 1 N–H and O–H groups in total. The molecule has 0 atom stereocenters. The average Bonchev–Trinajstić information content (AvgIpc) is 2.15. The molecule has 1 aromatic carbocycles. The summed E-state index contributed by atoms with van der Waals surface area (Å²) >= 11 is 0. The van der Waals surface area contributed by atoms with Gasteiger partial charge in [-0.05, 0) is 30.0 Å². The van der Waals surface area contributed by atoms with Crippen LogP contribution in [-0.2, 0) is 15.0 Å². The number of carbonyl (C=O) groups excluding carboxylic acids is 2. The predicted octanol–water partition coefficient (Wildman–Crippen LogP) is 2.90. The predicted molar refractivity (Wildman–Crippen MR) is 69.1 cm³/mol. The molecule has 0 aliphatic heterocycles. The van der Waals surface area contributed by atoms with E-state index in [1.165, 1.54) is 6.92 Å². The van der Waals surface area contributed by atoms with Crippen molar-refractivity contribution >= 4 is 17.4 Å². The number of amides is 1. The molecule has 0 saturated carbocycles. The van der Waals surface area contributed by atoms with E-state index in [1.807, 2.05) is 24.3 Å². The van der Waals surface area contributed by atoms with Crippen molar-refractivity contribution in [1.82, 2.24) is 0 Å². The number of anilines is 1. The van der Waals surface area contributed by atoms with E-state index in [4.69, 9.17) is 0 Å². The second-order valence-corrected chi connectivity index (χ2v) is 5.26. The molecule has 0 aliphatic carbocycles. The maximum absolute atomic E-state index is 11.5. The van der Waals surface area contributed by atoms with Crippen LogP contribution in [0.2, 0.25) is 0 Å². The van der Waals surface area contributed by atoms with E-state index in [1.54, 1.807) is 0 Å². The lowest BCUT2D eigenvalue weighted by atomic mass is 9.87. The summed E-state index contributed by atoms with van der Waals surface area (Å²) in [5.41, 5.74) is 1.93. The fourth-order valence-corrected chi connectivity index (χ4v) is 1.49. The number of hydrogen-bond donors (Lipinski definition) is 1. The van der Waals surface area contributed by atoms with E-state index in [0.717, 1.165) is 11.3 Å². The molecule has 0 saturated heterocycles. The molecule has 0 unspecified atom stereocenters. The Kier molecular flexibility index (Phi) is 4.05. The third-order valence-electron chi connectivity index (χ3n) is 2.42. The van der Waals surface area contributed by atoms with Gasteiger partial charge in [0.15, 0.2) is 0 Å². The lowest BCUT2D eigenvalue weighted by Gasteiger charge is -2.19. The fourth-order valence-electron chi connectivity index (χ4n) is 1.49. The van der Waals surface area contributed by atoms with E-state index >= 15 is 0 Å². The highest BCUT2D eigenvalue weighted by molar-refractivity contribution is 6.03. The van der Waals surface area contributed by atoms with Gasteiger partial charge in [0.25, 0.3) is 0 Å². The highest BCUT2D eigenvalue weighted by Crippen LogP contribution is 2.24. The molecule has 0 radical (unpaired) electrons. The zero-order valence-corrected chi connectivity index (χ0v) is 10.8. The van der Waals surface area contributed by atoms with Gasteiger partial charge >= 0.3 is 0 Å². The van der Waals surface area contributed by atoms with Crippen LogP contribution in [0.4, 0.5) is 5.69 Å². The first-order valence-corrected chi connectivity index (χ1v) is 5.69. The Bertz CT molecular complexity index is 430. The third-order valence-corrected chi connectivity index (χ3v) is 2.42. The van der Waals surface area contributed by atoms with Crippen LogP contribution < -0.4 is 5.32 Å². The van der Waals surface area contributed by atoms with Crippen LogP contribution in [0, 0.1) is 0 Å². The van der Waals surface area contributed by atoms with Crippen LogP contribution >= 0.6 is 0 Å². The number of benzene rings is 1. The van der Waals surface area contributed by atoms with Crippen molar-refractivity contribution in [3.05, 3.63) is 29.8 Å². The topological polar surface area (TPSA) is 46.2 Å². The maximum atomic E-state index is 11.5. The van der Waals surface area contributed by atoms with Crippen LogP contribution in [0.3, 0.4) is 0 Å². The molecule has 0 aliphatic rings. The largest absolute Gasteiger partial charge is 0.326 e. The summed E-state index contributed by atoms with van der Waals surface area (Å²) in [6, 6.07) is 7.70. The van der Waals surface area contributed by atoms with Crippen molar-refractivity contribution in [2.24, 2.45) is 0 Å². The Morgan fingerprint density at radius 1 is 1.24 bits per heavy atom. The number of hydrogen-bond acceptors (Lipinski definition) is 2. The van der Waals surface area contributed by atoms with Crippen LogP contribution in [-0.4, -0.2) is 11.7 Å². The van der Waals surface area contributed by atoms with Crippen LogP contribution in [0.15, 0.2) is 24.3 Å². The van der Waals surface area contributed by atoms with Crippen LogP contribution in [0.1, 0.15) is 39.7 Å². The van der Waals surface area contributed by atoms with Gasteiger partial charge in [-0.1, -0.05) is 32.9 Å². The normalized spacial score (nSPS) is 11.1. The first-order valence-electron chi connectivity index (χ1n) is 5.69. The van der Waals surface area contributed by atoms with E-state index < -0.39 is 0 Å². The van der Waals surface area contributed by atoms with E-state index in [2.05, 4.69) is 26.1 Å². The first kappa shape index (κ1) is 13.4. The summed E-state index contributed by atoms with van der Waals surface area (Å²) in [7, 11) is 0. The van der Waals surface area contributed by atoms with Crippen molar-refractivity contribution in [3.8, 4) is 0 Å². The molecule has 3 heteroatoms. The van der Waals surface area contributed by atoms with Crippen molar-refractivity contribution < 1.29 is 9.59 Å². The summed E-state index contributed by atoms with van der Waals surface area (Å²) in [4.78, 5) is 22.3. The van der Waals surface area contributed by atoms with Crippen molar-refractivity contribution in [3.63, 3.8) is 0 Å². The van der Waals surface area contributed by atoms with Gasteiger partial charge in [0.2, 0.25) is 5.91 Å². The number of ketones is 1. The van der Waals surface area contributed by atoms with Gasteiger partial charge in [-0.15, -0.1) is 0 Å². The minimum absolute atomic E-state index is 0.0430. The zero-order valence-electron chi connectivity index (χ0n) is 10.8. The molecule has 0 fully saturated rings. The van der Waals surface area contributed by atoms with Gasteiger partial charge in [0, 0.05) is 5.69 Å². The lowest BCUT2D eigenvalue weighted by Crippen LogP contribution is -2.16. The summed E-state index contributed by atoms with van der Waals surface area (Å²) in [5.74, 6) is -0.391. The molecule has 0 spiro atoms. The number of rotatable bonds is 3. The van der Waals surface area contributed by atoms with E-state index in [0.29, 0.717) is 0 Å². The van der Waals surface area contributed by atoms with Crippen molar-refractivity contribution in [2.45, 2.75) is 39.5 Å². The number of Topliss-reactive ketones (excluding diaryl/α,β-unsaturated/α-hetero) is 1. The molecular weight excluding hydrogens is 214 g/mol. The monoisotopic (exact) mass is 233 g/mol. The highest BCUT2D eigenvalue weighted by atomic mass is 16.2. The molecule has 1 amide bonds. The SMILES string of the molecule is CC(=O)CC(=O)Nc1cccc(C(C)(C)C)c1. The first-order chi connectivity index (χ1) is 7.79. The maximum Gasteiger partial charge on any atom is 0.231 e. The lowest BCUT2D eigenvalue weighted by molar-refractivity contribution is -0.124. The molecule has 17 heavy (non-hydrogen) atoms. The Morgan fingerprint density at radius 3 is 2.41 bits per heavy atom. The Hall–Kier alpha value is -1.64. The van der Waals surface area contributed by atoms with Crippen LogP contribution in [0.25, 0.3) is 0 Å². The van der Waals surface area contributed by atoms with Crippen LogP contribution in [0.5, 0.6) is 0 Å². The quantitative estimate of drug-likeness (QED) is 0.816. The van der Waals surface area contributed by atoms with Crippen molar-refractivity contribution in [1.29, 1.82) is 0 Å².